The molecular formula is C28H38N4O4. The van der Waals surface area contributed by atoms with Crippen LogP contribution in [-0.4, -0.2) is 72.6 Å². The standard InChI is InChI=1S/C28H38N4O4/c1-19-15-32(16-21-10-12-29-13-11-21)20(2)18-36-25-9-8-23(30-27(33)22-6-5-7-22)14-24(25)28(34)31(3)17-26(19)35-4/h8-14,19-20,22,26H,5-7,15-18H2,1-4H3,(H,30,33)/t19-,20+,26+/m0/s1. The van der Waals surface area contributed by atoms with Gasteiger partial charge in [-0.1, -0.05) is 13.3 Å². The zero-order chi connectivity index (χ0) is 25.7. The van der Waals surface area contributed by atoms with Gasteiger partial charge in [0.05, 0.1) is 11.7 Å². The zero-order valence-corrected chi connectivity index (χ0v) is 21.8. The van der Waals surface area contributed by atoms with Crippen molar-refractivity contribution in [1.82, 2.24) is 14.8 Å². The molecule has 1 aromatic carbocycles. The number of methoxy groups -OCH3 is 1. The number of hydrogen-bond acceptors (Lipinski definition) is 6. The van der Waals surface area contributed by atoms with Gasteiger partial charge in [-0.25, -0.2) is 0 Å². The molecule has 194 valence electrons. The predicted octanol–water partition coefficient (Wildman–Crippen LogP) is 3.83. The Morgan fingerprint density at radius 3 is 2.58 bits per heavy atom. The van der Waals surface area contributed by atoms with E-state index in [-0.39, 0.29) is 35.8 Å². The van der Waals surface area contributed by atoms with Gasteiger partial charge in [0, 0.05) is 63.8 Å². The third-order valence-electron chi connectivity index (χ3n) is 7.45. The lowest BCUT2D eigenvalue weighted by molar-refractivity contribution is -0.122. The van der Waals surface area contributed by atoms with E-state index in [1.54, 1.807) is 31.2 Å². The van der Waals surface area contributed by atoms with Crippen LogP contribution in [-0.2, 0) is 16.1 Å². The van der Waals surface area contributed by atoms with Gasteiger partial charge in [-0.3, -0.25) is 19.5 Å². The SMILES string of the molecule is CO[C@@H]1CN(C)C(=O)c2cc(NC(=O)C3CCC3)ccc2OC[C@@H](C)N(Cc2ccncc2)C[C@@H]1C. The summed E-state index contributed by atoms with van der Waals surface area (Å²) in [6.07, 6.45) is 6.43. The number of fused-ring (bicyclic) bond motifs is 1. The molecule has 36 heavy (non-hydrogen) atoms. The van der Waals surface area contributed by atoms with Crippen LogP contribution >= 0.6 is 0 Å². The molecule has 2 aromatic rings. The molecule has 8 nitrogen and oxygen atoms in total. The van der Waals surface area contributed by atoms with E-state index in [9.17, 15) is 9.59 Å². The van der Waals surface area contributed by atoms with Crippen molar-refractivity contribution in [3.8, 4) is 5.75 Å². The van der Waals surface area contributed by atoms with Crippen LogP contribution in [0.15, 0.2) is 42.7 Å². The Morgan fingerprint density at radius 1 is 1.17 bits per heavy atom. The third-order valence-corrected chi connectivity index (χ3v) is 7.45. The number of nitrogens with one attached hydrogen (secondary N) is 1. The van der Waals surface area contributed by atoms with Crippen molar-refractivity contribution in [3.05, 3.63) is 53.9 Å². The van der Waals surface area contributed by atoms with Gasteiger partial charge in [0.2, 0.25) is 5.91 Å². The van der Waals surface area contributed by atoms with Crippen molar-refractivity contribution in [2.75, 3.05) is 39.2 Å². The fourth-order valence-corrected chi connectivity index (χ4v) is 4.79. The number of hydrogen-bond donors (Lipinski definition) is 1. The summed E-state index contributed by atoms with van der Waals surface area (Å²) < 4.78 is 12.1. The number of benzene rings is 1. The number of nitrogens with zero attached hydrogens (tertiary/aromatic N) is 3. The minimum Gasteiger partial charge on any atom is -0.491 e. The molecule has 1 saturated carbocycles. The van der Waals surface area contributed by atoms with E-state index < -0.39 is 0 Å². The average Bonchev–Trinajstić information content (AvgIpc) is 2.84. The molecule has 0 bridgehead atoms. The smallest absolute Gasteiger partial charge is 0.257 e. The van der Waals surface area contributed by atoms with Crippen molar-refractivity contribution in [1.29, 1.82) is 0 Å². The van der Waals surface area contributed by atoms with Crippen LogP contribution in [0, 0.1) is 11.8 Å². The number of pyridine rings is 1. The molecule has 1 aromatic heterocycles. The molecule has 1 aliphatic carbocycles. The predicted molar refractivity (Wildman–Crippen MR) is 139 cm³/mol. The summed E-state index contributed by atoms with van der Waals surface area (Å²) >= 11 is 0. The van der Waals surface area contributed by atoms with E-state index in [1.807, 2.05) is 30.6 Å². The number of aromatic nitrogens is 1. The topological polar surface area (TPSA) is 84.0 Å². The van der Waals surface area contributed by atoms with Crippen LogP contribution in [0.3, 0.4) is 0 Å². The lowest BCUT2D eigenvalue weighted by Crippen LogP contribution is -2.46. The van der Waals surface area contributed by atoms with Crippen molar-refractivity contribution in [3.63, 3.8) is 0 Å². The lowest BCUT2D eigenvalue weighted by Gasteiger charge is -2.36. The molecule has 2 heterocycles. The van der Waals surface area contributed by atoms with Crippen LogP contribution in [0.25, 0.3) is 0 Å². The molecule has 3 atom stereocenters. The molecule has 0 saturated heterocycles. The summed E-state index contributed by atoms with van der Waals surface area (Å²) in [6, 6.07) is 9.50. The van der Waals surface area contributed by atoms with Crippen LogP contribution in [0.5, 0.6) is 5.75 Å². The minimum absolute atomic E-state index is 0.0183. The van der Waals surface area contributed by atoms with Crippen LogP contribution in [0.2, 0.25) is 0 Å². The Morgan fingerprint density at radius 2 is 1.92 bits per heavy atom. The molecule has 0 unspecified atom stereocenters. The van der Waals surface area contributed by atoms with Gasteiger partial charge in [-0.15, -0.1) is 0 Å². The Labute approximate surface area is 214 Å². The third kappa shape index (κ3) is 6.23. The number of likely N-dealkylation sites (N-methyl/N-ethyl adjacent to an activating group) is 1. The number of carbonyl (C=O) groups excluding carboxylic acids is 2. The fourth-order valence-electron chi connectivity index (χ4n) is 4.79. The maximum Gasteiger partial charge on any atom is 0.257 e. The number of amides is 2. The molecule has 8 heteroatoms. The Hall–Kier alpha value is -2.97. The second kappa shape index (κ2) is 11.8. The van der Waals surface area contributed by atoms with E-state index in [1.165, 1.54) is 5.56 Å². The molecule has 0 spiro atoms. The summed E-state index contributed by atoms with van der Waals surface area (Å²) in [4.78, 5) is 34.2. The van der Waals surface area contributed by atoms with E-state index >= 15 is 0 Å². The highest BCUT2D eigenvalue weighted by atomic mass is 16.5. The van der Waals surface area contributed by atoms with Crippen LogP contribution in [0.4, 0.5) is 5.69 Å². The first kappa shape index (κ1) is 26.1. The van der Waals surface area contributed by atoms with Crippen LogP contribution in [0.1, 0.15) is 49.0 Å². The quantitative estimate of drug-likeness (QED) is 0.680. The Balaban J connectivity index is 1.60. The molecular weight excluding hydrogens is 456 g/mol. The van der Waals surface area contributed by atoms with E-state index in [0.717, 1.165) is 32.4 Å². The molecule has 2 aliphatic rings. The zero-order valence-electron chi connectivity index (χ0n) is 21.8. The molecule has 2 amide bonds. The van der Waals surface area contributed by atoms with Gasteiger partial charge in [0.15, 0.2) is 0 Å². The first-order valence-corrected chi connectivity index (χ1v) is 12.8. The highest BCUT2D eigenvalue weighted by Crippen LogP contribution is 2.30. The van der Waals surface area contributed by atoms with Gasteiger partial charge in [-0.2, -0.15) is 0 Å². The second-order valence-corrected chi connectivity index (χ2v) is 10.2. The number of rotatable bonds is 5. The summed E-state index contributed by atoms with van der Waals surface area (Å²) in [5, 5.41) is 2.98. The summed E-state index contributed by atoms with van der Waals surface area (Å²) in [5.74, 6) is 0.635. The second-order valence-electron chi connectivity index (χ2n) is 10.2. The monoisotopic (exact) mass is 494 g/mol. The number of anilines is 1. The van der Waals surface area contributed by atoms with Crippen molar-refractivity contribution >= 4 is 17.5 Å². The van der Waals surface area contributed by atoms with Crippen molar-refractivity contribution < 1.29 is 19.1 Å². The van der Waals surface area contributed by atoms with Crippen molar-refractivity contribution in [2.24, 2.45) is 11.8 Å². The van der Waals surface area contributed by atoms with E-state index in [2.05, 4.69) is 29.0 Å². The lowest BCUT2D eigenvalue weighted by atomic mass is 9.85. The summed E-state index contributed by atoms with van der Waals surface area (Å²) in [6.45, 7) is 6.74. The molecule has 4 rings (SSSR count). The molecule has 1 N–H and O–H groups in total. The highest BCUT2D eigenvalue weighted by molar-refractivity contribution is 6.00. The van der Waals surface area contributed by atoms with Gasteiger partial charge in [0.25, 0.3) is 5.91 Å². The highest BCUT2D eigenvalue weighted by Gasteiger charge is 2.29. The van der Waals surface area contributed by atoms with E-state index in [4.69, 9.17) is 9.47 Å². The van der Waals surface area contributed by atoms with Gasteiger partial charge in [-0.05, 0) is 61.6 Å². The van der Waals surface area contributed by atoms with Gasteiger partial charge < -0.3 is 19.7 Å². The van der Waals surface area contributed by atoms with Crippen molar-refractivity contribution in [2.45, 2.75) is 51.8 Å². The fraction of sp³-hybridized carbons (Fsp3) is 0.536. The summed E-state index contributed by atoms with van der Waals surface area (Å²) in [5.41, 5.74) is 2.25. The Kier molecular flexibility index (Phi) is 8.59. The largest absolute Gasteiger partial charge is 0.491 e. The maximum atomic E-state index is 13.5. The number of ether oxygens (including phenoxy) is 2. The number of carbonyl (C=O) groups is 2. The summed E-state index contributed by atoms with van der Waals surface area (Å²) in [7, 11) is 3.49. The van der Waals surface area contributed by atoms with Crippen LogP contribution < -0.4 is 10.1 Å². The molecule has 1 aliphatic heterocycles. The first-order valence-electron chi connectivity index (χ1n) is 12.8. The molecule has 0 radical (unpaired) electrons. The van der Waals surface area contributed by atoms with E-state index in [0.29, 0.717) is 30.2 Å². The first-order chi connectivity index (χ1) is 17.4. The normalized spacial score (nSPS) is 24.1. The maximum absolute atomic E-state index is 13.5. The Bertz CT molecular complexity index is 1040. The molecule has 1 fully saturated rings. The van der Waals surface area contributed by atoms with Gasteiger partial charge in [0.1, 0.15) is 12.4 Å². The van der Waals surface area contributed by atoms with Gasteiger partial charge >= 0.3 is 0 Å². The minimum atomic E-state index is -0.152. The average molecular weight is 495 g/mol.